The second-order valence-electron chi connectivity index (χ2n) is 9.91. The van der Waals surface area contributed by atoms with E-state index in [4.69, 9.17) is 9.84 Å². The largest absolute Gasteiger partial charge is 0.465 e. The Kier molecular flexibility index (Phi) is 6.70. The monoisotopic (exact) mass is 443 g/mol. The zero-order valence-electron chi connectivity index (χ0n) is 18.1. The molecule has 2 bridgehead atoms. The van der Waals surface area contributed by atoms with E-state index in [0.29, 0.717) is 6.42 Å². The summed E-state index contributed by atoms with van der Waals surface area (Å²) < 4.78 is 5.69. The average molecular weight is 444 g/mol. The van der Waals surface area contributed by atoms with Gasteiger partial charge >= 0.3 is 12.2 Å². The minimum atomic E-state index is -1.49. The molecule has 0 aliphatic heterocycles. The first-order valence-electron chi connectivity index (χ1n) is 10.5. The zero-order chi connectivity index (χ0) is 21.8. The molecule has 8 atom stereocenters. The number of aliphatic hydroxyl groups excluding tert-OH is 1. The average Bonchev–Trinajstić information content (AvgIpc) is 3.00. The topological polar surface area (TPSA) is 113 Å². The summed E-state index contributed by atoms with van der Waals surface area (Å²) in [6.45, 7) is 11.9. The first-order chi connectivity index (χ1) is 13.4. The SMILES string of the molecule is C=C[C@]1(C)C[C@@H](OC(=O)NC(=O)O)[C@]2(C)[C@H](C)CC[C@]3(CCC(=O)[C@H]32)[C@@H](C)[C@@H]1O.Cl. The minimum absolute atomic E-state index is 0. The maximum Gasteiger partial charge on any atom is 0.416 e. The number of halogens is 1. The minimum Gasteiger partial charge on any atom is -0.465 e. The number of amides is 2. The summed E-state index contributed by atoms with van der Waals surface area (Å²) in [6.07, 6.45) is 0.853. The van der Waals surface area contributed by atoms with Crippen molar-refractivity contribution >= 4 is 30.4 Å². The lowest BCUT2D eigenvalue weighted by Gasteiger charge is -2.61. The third-order valence-electron chi connectivity index (χ3n) is 8.76. The second-order valence-corrected chi connectivity index (χ2v) is 9.91. The van der Waals surface area contributed by atoms with Crippen LogP contribution < -0.4 is 5.32 Å². The Hall–Kier alpha value is -1.60. The maximum atomic E-state index is 13.2. The predicted molar refractivity (Wildman–Crippen MR) is 113 cm³/mol. The highest BCUT2D eigenvalue weighted by Gasteiger charge is 2.68. The Bertz CT molecular complexity index is 743. The Morgan fingerprint density at radius 2 is 1.90 bits per heavy atom. The molecule has 2 amide bonds. The van der Waals surface area contributed by atoms with Crippen molar-refractivity contribution in [2.45, 2.75) is 72.0 Å². The van der Waals surface area contributed by atoms with Crippen LogP contribution in [-0.4, -0.2) is 40.4 Å². The van der Waals surface area contributed by atoms with Gasteiger partial charge in [-0.25, -0.2) is 14.9 Å². The van der Waals surface area contributed by atoms with Gasteiger partial charge in [-0.2, -0.15) is 0 Å². The van der Waals surface area contributed by atoms with Crippen molar-refractivity contribution in [3.63, 3.8) is 0 Å². The molecular formula is C22H34ClNO6. The standard InChI is InChI=1S/C22H33NO6.ClH/c1-6-20(4)11-15(29-19(28)23-18(26)27)21(5)12(2)7-9-22(13(3)17(20)25)10-8-14(24)16(21)22;/h6,12-13,15-17,25H,1,7-11H2,2-5H3,(H,23,28)(H,26,27);1H/t12-,13+,15-,16+,17+,20-,21+,22+;/m1./s1. The van der Waals surface area contributed by atoms with Crippen molar-refractivity contribution in [1.82, 2.24) is 5.32 Å². The van der Waals surface area contributed by atoms with E-state index in [0.717, 1.165) is 19.3 Å². The van der Waals surface area contributed by atoms with Gasteiger partial charge in [-0.15, -0.1) is 19.0 Å². The van der Waals surface area contributed by atoms with Crippen molar-refractivity contribution in [3.8, 4) is 0 Å². The lowest BCUT2D eigenvalue weighted by atomic mass is 9.44. The molecule has 0 spiro atoms. The van der Waals surface area contributed by atoms with Gasteiger partial charge in [-0.1, -0.05) is 33.8 Å². The third-order valence-corrected chi connectivity index (χ3v) is 8.76. The number of hydrogen-bond acceptors (Lipinski definition) is 5. The third kappa shape index (κ3) is 3.44. The van der Waals surface area contributed by atoms with Crippen molar-refractivity contribution < 1.29 is 29.3 Å². The van der Waals surface area contributed by atoms with Crippen molar-refractivity contribution in [3.05, 3.63) is 12.7 Å². The van der Waals surface area contributed by atoms with Crippen LogP contribution in [0.25, 0.3) is 0 Å². The molecule has 30 heavy (non-hydrogen) atoms. The molecule has 7 nitrogen and oxygen atoms in total. The van der Waals surface area contributed by atoms with Gasteiger partial charge in [-0.3, -0.25) is 4.79 Å². The van der Waals surface area contributed by atoms with Crippen LogP contribution in [0.5, 0.6) is 0 Å². The Labute approximate surface area is 184 Å². The zero-order valence-corrected chi connectivity index (χ0v) is 19.0. The van der Waals surface area contributed by atoms with Crippen molar-refractivity contribution in [2.75, 3.05) is 0 Å². The second kappa shape index (κ2) is 8.15. The maximum absolute atomic E-state index is 13.2. The molecule has 3 saturated carbocycles. The molecule has 0 heterocycles. The molecule has 0 aromatic rings. The molecule has 3 fully saturated rings. The summed E-state index contributed by atoms with van der Waals surface area (Å²) in [5, 5.41) is 22.0. The predicted octanol–water partition coefficient (Wildman–Crippen LogP) is 4.18. The fraction of sp³-hybridized carbons (Fsp3) is 0.773. The number of hydrogen-bond donors (Lipinski definition) is 3. The number of nitrogens with one attached hydrogen (secondary N) is 1. The van der Waals surface area contributed by atoms with Crippen LogP contribution in [-0.2, 0) is 9.53 Å². The Morgan fingerprint density at radius 3 is 2.47 bits per heavy atom. The molecular weight excluding hydrogens is 410 g/mol. The number of ether oxygens (including phenoxy) is 1. The molecule has 0 aromatic carbocycles. The molecule has 3 rings (SSSR count). The molecule has 3 aliphatic carbocycles. The van der Waals surface area contributed by atoms with Crippen LogP contribution in [0.3, 0.4) is 0 Å². The van der Waals surface area contributed by atoms with Gasteiger partial charge in [-0.05, 0) is 42.9 Å². The number of rotatable bonds is 2. The summed E-state index contributed by atoms with van der Waals surface area (Å²) in [5.74, 6) is -0.183. The summed E-state index contributed by atoms with van der Waals surface area (Å²) in [7, 11) is 0. The number of carboxylic acid groups (broad SMARTS) is 1. The van der Waals surface area contributed by atoms with E-state index in [9.17, 15) is 19.5 Å². The van der Waals surface area contributed by atoms with E-state index in [1.807, 2.05) is 20.8 Å². The van der Waals surface area contributed by atoms with E-state index < -0.39 is 35.2 Å². The van der Waals surface area contributed by atoms with Gasteiger partial charge in [0.05, 0.1) is 6.10 Å². The highest BCUT2D eigenvalue weighted by Crippen LogP contribution is 2.67. The summed E-state index contributed by atoms with van der Waals surface area (Å²) in [4.78, 5) is 36.4. The smallest absolute Gasteiger partial charge is 0.416 e. The first kappa shape index (κ1) is 24.7. The number of carbonyl (C=O) groups excluding carboxylic acids is 2. The highest BCUT2D eigenvalue weighted by molar-refractivity contribution is 5.87. The Morgan fingerprint density at radius 1 is 1.27 bits per heavy atom. The fourth-order valence-electron chi connectivity index (χ4n) is 6.75. The van der Waals surface area contributed by atoms with Crippen LogP contribution in [0.4, 0.5) is 9.59 Å². The van der Waals surface area contributed by atoms with Crippen molar-refractivity contribution in [2.24, 2.45) is 34.0 Å². The van der Waals surface area contributed by atoms with E-state index in [2.05, 4.69) is 13.5 Å². The number of ketones is 1. The number of imide groups is 1. The van der Waals surface area contributed by atoms with Gasteiger partial charge in [0.2, 0.25) is 0 Å². The van der Waals surface area contributed by atoms with E-state index in [-0.39, 0.29) is 47.8 Å². The van der Waals surface area contributed by atoms with Crippen LogP contribution in [0, 0.1) is 34.0 Å². The number of Topliss-reactive ketones (excluding diaryl/α,β-unsaturated/α-hetero) is 1. The molecule has 0 aromatic heterocycles. The molecule has 0 unspecified atom stereocenters. The molecule has 0 saturated heterocycles. The lowest BCUT2D eigenvalue weighted by Crippen LogP contribution is -2.63. The number of alkyl carbamates (subject to hydrolysis) is 1. The summed E-state index contributed by atoms with van der Waals surface area (Å²) >= 11 is 0. The molecule has 3 N–H and O–H groups in total. The molecule has 0 radical (unpaired) electrons. The van der Waals surface area contributed by atoms with E-state index in [1.54, 1.807) is 11.4 Å². The Balaban J connectivity index is 0.00000320. The molecule has 170 valence electrons. The fourth-order valence-corrected chi connectivity index (χ4v) is 6.75. The quantitative estimate of drug-likeness (QED) is 0.552. The van der Waals surface area contributed by atoms with Crippen molar-refractivity contribution in [1.29, 1.82) is 0 Å². The van der Waals surface area contributed by atoms with Gasteiger partial charge in [0.25, 0.3) is 0 Å². The van der Waals surface area contributed by atoms with Gasteiger partial charge < -0.3 is 14.9 Å². The van der Waals surface area contributed by atoms with Crippen LogP contribution >= 0.6 is 12.4 Å². The van der Waals surface area contributed by atoms with Gasteiger partial charge in [0.1, 0.15) is 11.9 Å². The highest BCUT2D eigenvalue weighted by atomic mass is 35.5. The molecule has 3 aliphatic rings. The van der Waals surface area contributed by atoms with Gasteiger partial charge in [0.15, 0.2) is 0 Å². The summed E-state index contributed by atoms with van der Waals surface area (Å²) in [5.41, 5.74) is -1.75. The summed E-state index contributed by atoms with van der Waals surface area (Å²) in [6, 6.07) is 0. The van der Waals surface area contributed by atoms with Gasteiger partial charge in [0, 0.05) is 23.2 Å². The first-order valence-corrected chi connectivity index (χ1v) is 10.5. The van der Waals surface area contributed by atoms with E-state index in [1.165, 1.54) is 0 Å². The number of aliphatic hydroxyl groups is 1. The molecule has 8 heteroatoms. The number of carbonyl (C=O) groups is 3. The normalized spacial score (nSPS) is 45.2. The van der Waals surface area contributed by atoms with E-state index >= 15 is 0 Å². The van der Waals surface area contributed by atoms with Crippen LogP contribution in [0.1, 0.15) is 59.8 Å². The lowest BCUT2D eigenvalue weighted by molar-refractivity contribution is -0.191. The van der Waals surface area contributed by atoms with Crippen LogP contribution in [0.2, 0.25) is 0 Å². The van der Waals surface area contributed by atoms with Crippen LogP contribution in [0.15, 0.2) is 12.7 Å².